The third-order valence-electron chi connectivity index (χ3n) is 3.10. The molecular formula is C14H15N3O5. The van der Waals surface area contributed by atoms with Crippen molar-refractivity contribution in [3.63, 3.8) is 0 Å². The number of nitrogens with zero attached hydrogens (tertiary/aromatic N) is 1. The van der Waals surface area contributed by atoms with Crippen LogP contribution in [0.2, 0.25) is 0 Å². The molecule has 1 aliphatic heterocycles. The lowest BCUT2D eigenvalue weighted by atomic mass is 10.1. The molecule has 0 spiro atoms. The van der Waals surface area contributed by atoms with Crippen LogP contribution in [0.3, 0.4) is 0 Å². The highest BCUT2D eigenvalue weighted by molar-refractivity contribution is 6.06. The Labute approximate surface area is 126 Å². The maximum atomic E-state index is 11.9. The number of carboxylic acid groups (broad SMARTS) is 1. The van der Waals surface area contributed by atoms with Gasteiger partial charge in [-0.25, -0.2) is 4.79 Å². The molecule has 0 unspecified atom stereocenters. The number of carbonyl (C=O) groups excluding carboxylic acids is 3. The molecule has 0 aromatic heterocycles. The molecule has 1 aromatic rings. The topological polar surface area (TPSA) is 116 Å². The van der Waals surface area contributed by atoms with E-state index in [1.807, 2.05) is 0 Å². The second kappa shape index (κ2) is 6.70. The first kappa shape index (κ1) is 15.5. The summed E-state index contributed by atoms with van der Waals surface area (Å²) in [6.07, 6.45) is 0.0306. The van der Waals surface area contributed by atoms with Crippen LogP contribution in [0.4, 0.5) is 10.5 Å². The van der Waals surface area contributed by atoms with Crippen molar-refractivity contribution in [3.05, 3.63) is 29.8 Å². The summed E-state index contributed by atoms with van der Waals surface area (Å²) in [5.41, 5.74) is 0.809. The Bertz CT molecular complexity index is 629. The minimum Gasteiger partial charge on any atom is -0.481 e. The van der Waals surface area contributed by atoms with Crippen LogP contribution in [-0.4, -0.2) is 42.0 Å². The lowest BCUT2D eigenvalue weighted by Gasteiger charge is -2.26. The maximum Gasteiger partial charge on any atom is 0.328 e. The number of urea groups is 1. The van der Waals surface area contributed by atoms with Crippen LogP contribution in [0.25, 0.3) is 0 Å². The Kier molecular flexibility index (Phi) is 4.72. The van der Waals surface area contributed by atoms with Gasteiger partial charge in [0.05, 0.1) is 6.42 Å². The molecule has 1 fully saturated rings. The number of carboxylic acids is 1. The zero-order valence-electron chi connectivity index (χ0n) is 11.7. The highest BCUT2D eigenvalue weighted by Gasteiger charge is 2.24. The van der Waals surface area contributed by atoms with E-state index in [4.69, 9.17) is 5.11 Å². The zero-order valence-corrected chi connectivity index (χ0v) is 11.7. The van der Waals surface area contributed by atoms with Crippen LogP contribution in [0.15, 0.2) is 24.3 Å². The summed E-state index contributed by atoms with van der Waals surface area (Å²) in [6, 6.07) is 5.83. The normalized spacial score (nSPS) is 14.5. The number of carbonyl (C=O) groups is 4. The average Bonchev–Trinajstić information content (AvgIpc) is 2.47. The summed E-state index contributed by atoms with van der Waals surface area (Å²) < 4.78 is 0. The summed E-state index contributed by atoms with van der Waals surface area (Å²) >= 11 is 0. The second-order valence-corrected chi connectivity index (χ2v) is 4.70. The van der Waals surface area contributed by atoms with Crippen molar-refractivity contribution in [2.45, 2.75) is 12.8 Å². The van der Waals surface area contributed by atoms with E-state index in [2.05, 4.69) is 10.6 Å². The van der Waals surface area contributed by atoms with Gasteiger partial charge < -0.3 is 10.4 Å². The van der Waals surface area contributed by atoms with Gasteiger partial charge in [-0.3, -0.25) is 24.6 Å². The predicted molar refractivity (Wildman–Crippen MR) is 76.5 cm³/mol. The second-order valence-electron chi connectivity index (χ2n) is 4.70. The molecule has 116 valence electrons. The first-order valence-electron chi connectivity index (χ1n) is 6.69. The minimum absolute atomic E-state index is 0.0249. The van der Waals surface area contributed by atoms with Crippen LogP contribution >= 0.6 is 0 Å². The SMILES string of the molecule is O=C(O)CCNC(=O)c1cccc(N2CCC(=O)NC2=O)c1. The third-order valence-corrected chi connectivity index (χ3v) is 3.10. The average molecular weight is 305 g/mol. The van der Waals surface area contributed by atoms with E-state index in [9.17, 15) is 19.2 Å². The molecule has 0 aliphatic carbocycles. The fourth-order valence-corrected chi connectivity index (χ4v) is 2.01. The van der Waals surface area contributed by atoms with Crippen molar-refractivity contribution in [2.24, 2.45) is 0 Å². The predicted octanol–water partition coefficient (Wildman–Crippen LogP) is 0.337. The van der Waals surface area contributed by atoms with Gasteiger partial charge in [0.2, 0.25) is 5.91 Å². The number of aliphatic carboxylic acids is 1. The standard InChI is InChI=1S/C14H15N3O5/c18-11-5-7-17(14(22)16-11)10-3-1-2-9(8-10)13(21)15-6-4-12(19)20/h1-3,8H,4-7H2,(H,15,21)(H,19,20)(H,16,18,22). The van der Waals surface area contributed by atoms with Crippen molar-refractivity contribution in [3.8, 4) is 0 Å². The van der Waals surface area contributed by atoms with Crippen LogP contribution in [0.1, 0.15) is 23.2 Å². The van der Waals surface area contributed by atoms with E-state index >= 15 is 0 Å². The molecule has 22 heavy (non-hydrogen) atoms. The van der Waals surface area contributed by atoms with E-state index < -0.39 is 17.9 Å². The fraction of sp³-hybridized carbons (Fsp3) is 0.286. The number of anilines is 1. The molecule has 1 aliphatic rings. The molecule has 1 aromatic carbocycles. The lowest BCUT2D eigenvalue weighted by Crippen LogP contribution is -2.49. The number of rotatable bonds is 5. The summed E-state index contributed by atoms with van der Waals surface area (Å²) in [5, 5.41) is 13.2. The van der Waals surface area contributed by atoms with Crippen molar-refractivity contribution >= 4 is 29.5 Å². The molecule has 1 heterocycles. The Morgan fingerprint density at radius 2 is 2.09 bits per heavy atom. The molecule has 8 heteroatoms. The Morgan fingerprint density at radius 3 is 2.77 bits per heavy atom. The molecule has 0 saturated carbocycles. The Morgan fingerprint density at radius 1 is 1.32 bits per heavy atom. The van der Waals surface area contributed by atoms with E-state index in [0.29, 0.717) is 11.3 Å². The van der Waals surface area contributed by atoms with Crippen molar-refractivity contribution in [1.82, 2.24) is 10.6 Å². The summed E-state index contributed by atoms with van der Waals surface area (Å²) in [6.45, 7) is 0.270. The van der Waals surface area contributed by atoms with Crippen molar-refractivity contribution in [2.75, 3.05) is 18.0 Å². The van der Waals surface area contributed by atoms with Crippen LogP contribution in [-0.2, 0) is 9.59 Å². The quantitative estimate of drug-likeness (QED) is 0.725. The van der Waals surface area contributed by atoms with Gasteiger partial charge in [-0.15, -0.1) is 0 Å². The molecular weight excluding hydrogens is 290 g/mol. The first-order chi connectivity index (χ1) is 10.5. The number of benzene rings is 1. The molecule has 2 rings (SSSR count). The van der Waals surface area contributed by atoms with Crippen molar-refractivity contribution < 1.29 is 24.3 Å². The minimum atomic E-state index is -0.997. The van der Waals surface area contributed by atoms with Gasteiger partial charge in [-0.1, -0.05) is 6.07 Å². The summed E-state index contributed by atoms with van der Waals surface area (Å²) in [7, 11) is 0. The number of amides is 4. The highest BCUT2D eigenvalue weighted by Crippen LogP contribution is 2.18. The van der Waals surface area contributed by atoms with Crippen LogP contribution in [0.5, 0.6) is 0 Å². The van der Waals surface area contributed by atoms with Gasteiger partial charge in [0.15, 0.2) is 0 Å². The molecule has 0 radical (unpaired) electrons. The first-order valence-corrected chi connectivity index (χ1v) is 6.69. The highest BCUT2D eigenvalue weighted by atomic mass is 16.4. The van der Waals surface area contributed by atoms with E-state index in [1.54, 1.807) is 18.2 Å². The summed E-state index contributed by atoms with van der Waals surface area (Å²) in [5.74, 6) is -1.75. The van der Waals surface area contributed by atoms with Crippen LogP contribution in [0, 0.1) is 0 Å². The molecule has 0 atom stereocenters. The molecule has 4 amide bonds. The third kappa shape index (κ3) is 3.81. The molecule has 3 N–H and O–H groups in total. The number of nitrogens with one attached hydrogen (secondary N) is 2. The number of hydrogen-bond acceptors (Lipinski definition) is 4. The smallest absolute Gasteiger partial charge is 0.328 e. The monoisotopic (exact) mass is 305 g/mol. The van der Waals surface area contributed by atoms with Gasteiger partial charge in [0.1, 0.15) is 0 Å². The van der Waals surface area contributed by atoms with Gasteiger partial charge in [0, 0.05) is 30.8 Å². The van der Waals surface area contributed by atoms with Gasteiger partial charge in [-0.05, 0) is 18.2 Å². The zero-order chi connectivity index (χ0) is 16.1. The summed E-state index contributed by atoms with van der Waals surface area (Å²) in [4.78, 5) is 46.6. The van der Waals surface area contributed by atoms with Gasteiger partial charge in [-0.2, -0.15) is 0 Å². The molecule has 8 nitrogen and oxygen atoms in total. The largest absolute Gasteiger partial charge is 0.481 e. The Balaban J connectivity index is 2.06. The van der Waals surface area contributed by atoms with E-state index in [-0.39, 0.29) is 31.8 Å². The maximum absolute atomic E-state index is 11.9. The van der Waals surface area contributed by atoms with E-state index in [0.717, 1.165) is 0 Å². The molecule has 1 saturated heterocycles. The Hall–Kier alpha value is -2.90. The van der Waals surface area contributed by atoms with E-state index in [1.165, 1.54) is 11.0 Å². The van der Waals surface area contributed by atoms with Gasteiger partial charge in [0.25, 0.3) is 5.91 Å². The fourth-order valence-electron chi connectivity index (χ4n) is 2.01. The van der Waals surface area contributed by atoms with Crippen LogP contribution < -0.4 is 15.5 Å². The number of imide groups is 1. The molecule has 0 bridgehead atoms. The number of hydrogen-bond donors (Lipinski definition) is 3. The van der Waals surface area contributed by atoms with Gasteiger partial charge >= 0.3 is 12.0 Å². The lowest BCUT2D eigenvalue weighted by molar-refractivity contribution is -0.136. The van der Waals surface area contributed by atoms with Crippen molar-refractivity contribution in [1.29, 1.82) is 0 Å².